The lowest BCUT2D eigenvalue weighted by atomic mass is 9.98. The number of anilines is 1. The van der Waals surface area contributed by atoms with Crippen molar-refractivity contribution in [1.82, 2.24) is 0 Å². The van der Waals surface area contributed by atoms with E-state index in [4.69, 9.17) is 4.74 Å². The Labute approximate surface area is 110 Å². The first-order valence-electron chi connectivity index (χ1n) is 5.79. The topological polar surface area (TPSA) is 29.5 Å². The Morgan fingerprint density at radius 1 is 1.47 bits per heavy atom. The SMILES string of the molecule is COC(=O)C1CCCN(c2ccccc2Br)C1. The molecular formula is C13H16BrNO2. The van der Waals surface area contributed by atoms with E-state index < -0.39 is 0 Å². The lowest BCUT2D eigenvalue weighted by Gasteiger charge is -2.33. The van der Waals surface area contributed by atoms with Gasteiger partial charge in [0.25, 0.3) is 0 Å². The van der Waals surface area contributed by atoms with Gasteiger partial charge < -0.3 is 9.64 Å². The highest BCUT2D eigenvalue weighted by atomic mass is 79.9. The maximum absolute atomic E-state index is 11.6. The lowest BCUT2D eigenvalue weighted by molar-refractivity contribution is -0.145. The number of carbonyl (C=O) groups is 1. The number of piperidine rings is 1. The third kappa shape index (κ3) is 2.80. The molecule has 3 nitrogen and oxygen atoms in total. The summed E-state index contributed by atoms with van der Waals surface area (Å²) in [5.41, 5.74) is 1.15. The highest BCUT2D eigenvalue weighted by Gasteiger charge is 2.27. The van der Waals surface area contributed by atoms with Gasteiger partial charge in [-0.25, -0.2) is 0 Å². The van der Waals surface area contributed by atoms with Crippen LogP contribution in [0.15, 0.2) is 28.7 Å². The van der Waals surface area contributed by atoms with Crippen LogP contribution in [0, 0.1) is 5.92 Å². The van der Waals surface area contributed by atoms with Crippen LogP contribution in [0.2, 0.25) is 0 Å². The van der Waals surface area contributed by atoms with Gasteiger partial charge in [0.1, 0.15) is 0 Å². The van der Waals surface area contributed by atoms with Crippen molar-refractivity contribution in [2.75, 3.05) is 25.1 Å². The van der Waals surface area contributed by atoms with Crippen LogP contribution in [0.25, 0.3) is 0 Å². The van der Waals surface area contributed by atoms with Crippen molar-refractivity contribution in [3.05, 3.63) is 28.7 Å². The van der Waals surface area contributed by atoms with Crippen LogP contribution < -0.4 is 4.90 Å². The Morgan fingerprint density at radius 2 is 2.24 bits per heavy atom. The van der Waals surface area contributed by atoms with E-state index in [1.165, 1.54) is 7.11 Å². The Hall–Kier alpha value is -1.03. The summed E-state index contributed by atoms with van der Waals surface area (Å²) >= 11 is 3.55. The van der Waals surface area contributed by atoms with Gasteiger partial charge in [-0.3, -0.25) is 4.79 Å². The van der Waals surface area contributed by atoms with Gasteiger partial charge in [0.05, 0.1) is 18.7 Å². The molecule has 0 aliphatic carbocycles. The first-order chi connectivity index (χ1) is 8.22. The number of benzene rings is 1. The lowest BCUT2D eigenvalue weighted by Crippen LogP contribution is -2.39. The van der Waals surface area contributed by atoms with Crippen molar-refractivity contribution in [3.63, 3.8) is 0 Å². The highest BCUT2D eigenvalue weighted by molar-refractivity contribution is 9.10. The monoisotopic (exact) mass is 297 g/mol. The molecule has 0 amide bonds. The van der Waals surface area contributed by atoms with Crippen molar-refractivity contribution in [3.8, 4) is 0 Å². The summed E-state index contributed by atoms with van der Waals surface area (Å²) in [5, 5.41) is 0. The van der Waals surface area contributed by atoms with E-state index in [1.807, 2.05) is 18.2 Å². The molecular weight excluding hydrogens is 282 g/mol. The van der Waals surface area contributed by atoms with Crippen LogP contribution in [0.1, 0.15) is 12.8 Å². The van der Waals surface area contributed by atoms with Crippen molar-refractivity contribution in [1.29, 1.82) is 0 Å². The zero-order chi connectivity index (χ0) is 12.3. The van der Waals surface area contributed by atoms with Gasteiger partial charge in [0.15, 0.2) is 0 Å². The van der Waals surface area contributed by atoms with Crippen molar-refractivity contribution >= 4 is 27.6 Å². The Balaban J connectivity index is 2.12. The van der Waals surface area contributed by atoms with Crippen LogP contribution in [-0.4, -0.2) is 26.2 Å². The standard InChI is InChI=1S/C13H16BrNO2/c1-17-13(16)10-5-4-8-15(9-10)12-7-3-2-6-11(12)14/h2-3,6-7,10H,4-5,8-9H2,1H3. The number of hydrogen-bond acceptors (Lipinski definition) is 3. The van der Waals surface area contributed by atoms with Crippen molar-refractivity contribution in [2.45, 2.75) is 12.8 Å². The van der Waals surface area contributed by atoms with Gasteiger partial charge in [-0.1, -0.05) is 12.1 Å². The first kappa shape index (κ1) is 12.4. The van der Waals surface area contributed by atoms with Gasteiger partial charge >= 0.3 is 5.97 Å². The summed E-state index contributed by atoms with van der Waals surface area (Å²) in [6.45, 7) is 1.74. The average molecular weight is 298 g/mol. The third-order valence-electron chi connectivity index (χ3n) is 3.15. The van der Waals surface area contributed by atoms with Gasteiger partial charge in [-0.15, -0.1) is 0 Å². The summed E-state index contributed by atoms with van der Waals surface area (Å²) in [4.78, 5) is 13.8. The maximum Gasteiger partial charge on any atom is 0.310 e. The van der Waals surface area contributed by atoms with Crippen molar-refractivity contribution in [2.24, 2.45) is 5.92 Å². The quantitative estimate of drug-likeness (QED) is 0.786. The fourth-order valence-corrected chi connectivity index (χ4v) is 2.80. The molecule has 1 atom stereocenters. The molecule has 0 N–H and O–H groups in total. The summed E-state index contributed by atoms with van der Waals surface area (Å²) in [5.74, 6) is -0.0948. The molecule has 1 aliphatic rings. The molecule has 0 aromatic heterocycles. The van der Waals surface area contributed by atoms with E-state index in [0.717, 1.165) is 36.1 Å². The number of nitrogens with zero attached hydrogens (tertiary/aromatic N) is 1. The zero-order valence-corrected chi connectivity index (χ0v) is 11.4. The van der Waals surface area contributed by atoms with E-state index >= 15 is 0 Å². The zero-order valence-electron chi connectivity index (χ0n) is 9.86. The maximum atomic E-state index is 11.6. The molecule has 92 valence electrons. The summed E-state index contributed by atoms with van der Waals surface area (Å²) in [6.07, 6.45) is 1.95. The molecule has 1 aromatic rings. The Kier molecular flexibility index (Phi) is 4.05. The minimum Gasteiger partial charge on any atom is -0.469 e. The second-order valence-electron chi connectivity index (χ2n) is 4.26. The van der Waals surface area contributed by atoms with E-state index in [-0.39, 0.29) is 11.9 Å². The molecule has 4 heteroatoms. The predicted octanol–water partition coefficient (Wildman–Crippen LogP) is 2.84. The van der Waals surface area contributed by atoms with E-state index in [0.29, 0.717) is 0 Å². The van der Waals surface area contributed by atoms with Crippen LogP contribution >= 0.6 is 15.9 Å². The summed E-state index contributed by atoms with van der Waals surface area (Å²) in [7, 11) is 1.46. The predicted molar refractivity (Wildman–Crippen MR) is 71.1 cm³/mol. The second kappa shape index (κ2) is 5.54. The Morgan fingerprint density at radius 3 is 2.94 bits per heavy atom. The number of hydrogen-bond donors (Lipinski definition) is 0. The molecule has 2 rings (SSSR count). The summed E-state index contributed by atoms with van der Waals surface area (Å²) < 4.78 is 5.90. The molecule has 0 saturated carbocycles. The van der Waals surface area contributed by atoms with E-state index in [1.54, 1.807) is 0 Å². The molecule has 0 spiro atoms. The normalized spacial score (nSPS) is 20.1. The van der Waals surface area contributed by atoms with Crippen LogP contribution in [-0.2, 0) is 9.53 Å². The molecule has 0 radical (unpaired) electrons. The minimum atomic E-state index is -0.0956. The summed E-state index contributed by atoms with van der Waals surface area (Å²) in [6, 6.07) is 8.11. The molecule has 17 heavy (non-hydrogen) atoms. The molecule has 1 fully saturated rings. The van der Waals surface area contributed by atoms with Gasteiger partial charge in [-0.2, -0.15) is 0 Å². The van der Waals surface area contributed by atoms with Gasteiger partial charge in [0.2, 0.25) is 0 Å². The first-order valence-corrected chi connectivity index (χ1v) is 6.59. The molecule has 1 heterocycles. The fraction of sp³-hybridized carbons (Fsp3) is 0.462. The number of carbonyl (C=O) groups excluding carboxylic acids is 1. The second-order valence-corrected chi connectivity index (χ2v) is 5.11. The van der Waals surface area contributed by atoms with Crippen LogP contribution in [0.5, 0.6) is 0 Å². The molecule has 0 bridgehead atoms. The molecule has 1 saturated heterocycles. The minimum absolute atomic E-state index is 0.000793. The number of methoxy groups -OCH3 is 1. The highest BCUT2D eigenvalue weighted by Crippen LogP contribution is 2.29. The van der Waals surface area contributed by atoms with Gasteiger partial charge in [0, 0.05) is 17.6 Å². The van der Waals surface area contributed by atoms with E-state index in [9.17, 15) is 4.79 Å². The smallest absolute Gasteiger partial charge is 0.310 e. The number of ether oxygens (including phenoxy) is 1. The van der Waals surface area contributed by atoms with E-state index in [2.05, 4.69) is 26.9 Å². The third-order valence-corrected chi connectivity index (χ3v) is 3.82. The van der Waals surface area contributed by atoms with Crippen LogP contribution in [0.3, 0.4) is 0 Å². The molecule has 1 aromatic carbocycles. The number of esters is 1. The van der Waals surface area contributed by atoms with Crippen molar-refractivity contribution < 1.29 is 9.53 Å². The number of halogens is 1. The Bertz CT molecular complexity index is 408. The fourth-order valence-electron chi connectivity index (χ4n) is 2.26. The average Bonchev–Trinajstić information content (AvgIpc) is 2.38. The van der Waals surface area contributed by atoms with Gasteiger partial charge in [-0.05, 0) is 40.9 Å². The number of rotatable bonds is 2. The number of para-hydroxylation sites is 1. The largest absolute Gasteiger partial charge is 0.469 e. The molecule has 1 unspecified atom stereocenters. The van der Waals surface area contributed by atoms with Crippen LogP contribution in [0.4, 0.5) is 5.69 Å². The molecule has 1 aliphatic heterocycles.